The molecule has 2 nitrogen and oxygen atoms in total. The molecule has 2 N–H and O–H groups in total. The van der Waals surface area contributed by atoms with Crippen LogP contribution in [0.2, 0.25) is 0 Å². The highest BCUT2D eigenvalue weighted by Crippen LogP contribution is 2.28. The number of nitrogens with two attached hydrogens (primary N) is 1. The molecular formula is C12H12BrFN2. The topological polar surface area (TPSA) is 38.9 Å². The number of halogens is 2. The molecule has 0 aliphatic heterocycles. The molecule has 1 aromatic heterocycles. The number of pyridine rings is 1. The third-order valence-electron chi connectivity index (χ3n) is 2.48. The van der Waals surface area contributed by atoms with Gasteiger partial charge >= 0.3 is 0 Å². The van der Waals surface area contributed by atoms with Crippen molar-refractivity contribution in [1.82, 2.24) is 4.98 Å². The van der Waals surface area contributed by atoms with Crippen LogP contribution in [-0.2, 0) is 0 Å². The number of fused-ring (bicyclic) bond motifs is 1. The van der Waals surface area contributed by atoms with Gasteiger partial charge in [-0.3, -0.25) is 4.98 Å². The third-order valence-corrected chi connectivity index (χ3v) is 2.94. The molecule has 0 aliphatic rings. The van der Waals surface area contributed by atoms with Gasteiger partial charge in [0.2, 0.25) is 0 Å². The van der Waals surface area contributed by atoms with Gasteiger partial charge in [-0.05, 0) is 37.6 Å². The minimum Gasteiger partial charge on any atom is -0.324 e. The zero-order valence-electron chi connectivity index (χ0n) is 9.09. The zero-order valence-corrected chi connectivity index (χ0v) is 10.7. The van der Waals surface area contributed by atoms with Gasteiger partial charge in [-0.25, -0.2) is 4.39 Å². The van der Waals surface area contributed by atoms with Gasteiger partial charge in [-0.2, -0.15) is 0 Å². The molecule has 0 aliphatic carbocycles. The molecule has 1 aromatic carbocycles. The molecule has 0 saturated carbocycles. The van der Waals surface area contributed by atoms with E-state index in [2.05, 4.69) is 20.9 Å². The largest absolute Gasteiger partial charge is 0.324 e. The quantitative estimate of drug-likeness (QED) is 0.870. The van der Waals surface area contributed by atoms with Crippen molar-refractivity contribution in [3.05, 3.63) is 39.7 Å². The van der Waals surface area contributed by atoms with Gasteiger partial charge in [0.25, 0.3) is 0 Å². The summed E-state index contributed by atoms with van der Waals surface area (Å²) in [6.07, 6.45) is 0. The van der Waals surface area contributed by atoms with Crippen LogP contribution in [0.5, 0.6) is 0 Å². The summed E-state index contributed by atoms with van der Waals surface area (Å²) in [5.74, 6) is -0.324. The Bertz CT molecular complexity index is 552. The Balaban J connectivity index is 2.89. The van der Waals surface area contributed by atoms with E-state index in [-0.39, 0.29) is 11.9 Å². The van der Waals surface area contributed by atoms with Crippen molar-refractivity contribution in [3.63, 3.8) is 0 Å². The Morgan fingerprint density at radius 3 is 2.69 bits per heavy atom. The Morgan fingerprint density at radius 2 is 2.06 bits per heavy atom. The molecule has 4 heteroatoms. The zero-order chi connectivity index (χ0) is 11.9. The second-order valence-electron chi connectivity index (χ2n) is 3.93. The van der Waals surface area contributed by atoms with E-state index >= 15 is 0 Å². The molecule has 2 aromatic rings. The predicted octanol–water partition coefficient (Wildman–Crippen LogP) is 3.46. The van der Waals surface area contributed by atoms with Crippen molar-refractivity contribution in [3.8, 4) is 0 Å². The Morgan fingerprint density at radius 1 is 1.38 bits per heavy atom. The van der Waals surface area contributed by atoms with Crippen molar-refractivity contribution in [1.29, 1.82) is 0 Å². The van der Waals surface area contributed by atoms with Crippen molar-refractivity contribution in [2.45, 2.75) is 19.9 Å². The minimum atomic E-state index is -0.324. The number of hydrogen-bond donors (Lipinski definition) is 1. The number of benzene rings is 1. The summed E-state index contributed by atoms with van der Waals surface area (Å²) in [4.78, 5) is 4.21. The van der Waals surface area contributed by atoms with E-state index in [1.807, 2.05) is 26.0 Å². The van der Waals surface area contributed by atoms with Gasteiger partial charge in [0.05, 0.1) is 0 Å². The highest BCUT2D eigenvalue weighted by atomic mass is 79.9. The van der Waals surface area contributed by atoms with Crippen molar-refractivity contribution >= 4 is 26.8 Å². The first-order chi connectivity index (χ1) is 7.49. The van der Waals surface area contributed by atoms with Crippen LogP contribution in [0, 0.1) is 12.7 Å². The summed E-state index contributed by atoms with van der Waals surface area (Å²) < 4.78 is 14.4. The number of nitrogens with zero attached hydrogens (tertiary/aromatic N) is 1. The van der Waals surface area contributed by atoms with Crippen molar-refractivity contribution in [2.24, 2.45) is 5.73 Å². The van der Waals surface area contributed by atoms with E-state index in [1.54, 1.807) is 0 Å². The number of aromatic nitrogens is 1. The summed E-state index contributed by atoms with van der Waals surface area (Å²) in [6.45, 7) is 3.72. The lowest BCUT2D eigenvalue weighted by Gasteiger charge is -2.11. The molecule has 1 atom stereocenters. The maximum absolute atomic E-state index is 13.7. The van der Waals surface area contributed by atoms with E-state index in [0.29, 0.717) is 9.99 Å². The third kappa shape index (κ3) is 1.95. The maximum atomic E-state index is 13.7. The highest BCUT2D eigenvalue weighted by molar-refractivity contribution is 9.10. The normalized spacial score (nSPS) is 13.1. The molecule has 84 valence electrons. The fourth-order valence-corrected chi connectivity index (χ4v) is 2.22. The van der Waals surface area contributed by atoms with E-state index in [1.165, 1.54) is 6.07 Å². The van der Waals surface area contributed by atoms with Gasteiger partial charge in [0.15, 0.2) is 5.82 Å². The average molecular weight is 283 g/mol. The standard InChI is InChI=1S/C12H12BrFN2/c1-6-3-9(7(2)15)10-4-8(13)5-11(14)12(10)16-6/h3-5,7H,15H2,1-2H3. The van der Waals surface area contributed by atoms with Crippen LogP contribution < -0.4 is 5.73 Å². The van der Waals surface area contributed by atoms with Crippen LogP contribution in [0.25, 0.3) is 10.9 Å². The van der Waals surface area contributed by atoms with Crippen molar-refractivity contribution in [2.75, 3.05) is 0 Å². The van der Waals surface area contributed by atoms with E-state index in [9.17, 15) is 4.39 Å². The molecule has 0 fully saturated rings. The summed E-state index contributed by atoms with van der Waals surface area (Å²) in [7, 11) is 0. The van der Waals surface area contributed by atoms with Crippen LogP contribution in [0.15, 0.2) is 22.7 Å². The molecular weight excluding hydrogens is 271 g/mol. The van der Waals surface area contributed by atoms with Crippen molar-refractivity contribution < 1.29 is 4.39 Å². The van der Waals surface area contributed by atoms with Gasteiger partial charge < -0.3 is 5.73 Å². The van der Waals surface area contributed by atoms with E-state index < -0.39 is 0 Å². The van der Waals surface area contributed by atoms with Crippen LogP contribution in [0.1, 0.15) is 24.2 Å². The van der Waals surface area contributed by atoms with E-state index in [0.717, 1.165) is 16.6 Å². The molecule has 0 bridgehead atoms. The summed E-state index contributed by atoms with van der Waals surface area (Å²) in [5, 5.41) is 0.771. The first-order valence-corrected chi connectivity index (χ1v) is 5.80. The Kier molecular flexibility index (Phi) is 2.95. The lowest BCUT2D eigenvalue weighted by atomic mass is 10.0. The van der Waals surface area contributed by atoms with Crippen LogP contribution >= 0.6 is 15.9 Å². The molecule has 1 heterocycles. The average Bonchev–Trinajstić information content (AvgIpc) is 2.18. The van der Waals surface area contributed by atoms with Crippen LogP contribution in [-0.4, -0.2) is 4.98 Å². The van der Waals surface area contributed by atoms with Gasteiger partial charge in [0, 0.05) is 21.6 Å². The predicted molar refractivity (Wildman–Crippen MR) is 66.7 cm³/mol. The van der Waals surface area contributed by atoms with Crippen LogP contribution in [0.3, 0.4) is 0 Å². The molecule has 0 saturated heterocycles. The maximum Gasteiger partial charge on any atom is 0.150 e. The lowest BCUT2D eigenvalue weighted by Crippen LogP contribution is -2.07. The fourth-order valence-electron chi connectivity index (χ4n) is 1.79. The molecule has 1 unspecified atom stereocenters. The second kappa shape index (κ2) is 4.11. The first-order valence-electron chi connectivity index (χ1n) is 5.01. The summed E-state index contributed by atoms with van der Waals surface area (Å²) >= 11 is 3.28. The smallest absolute Gasteiger partial charge is 0.150 e. The minimum absolute atomic E-state index is 0.141. The lowest BCUT2D eigenvalue weighted by molar-refractivity contribution is 0.635. The number of hydrogen-bond acceptors (Lipinski definition) is 2. The van der Waals surface area contributed by atoms with E-state index in [4.69, 9.17) is 5.73 Å². The second-order valence-corrected chi connectivity index (χ2v) is 4.84. The van der Waals surface area contributed by atoms with Gasteiger partial charge in [0.1, 0.15) is 5.52 Å². The van der Waals surface area contributed by atoms with Crippen LogP contribution in [0.4, 0.5) is 4.39 Å². The molecule has 16 heavy (non-hydrogen) atoms. The number of aryl methyl sites for hydroxylation is 1. The molecule has 0 radical (unpaired) electrons. The molecule has 0 spiro atoms. The first kappa shape index (κ1) is 11.5. The SMILES string of the molecule is Cc1cc(C(C)N)c2cc(Br)cc(F)c2n1. The summed E-state index contributed by atoms with van der Waals surface area (Å²) in [5.41, 5.74) is 7.97. The highest BCUT2D eigenvalue weighted by Gasteiger charge is 2.11. The van der Waals surface area contributed by atoms with Gasteiger partial charge in [-0.15, -0.1) is 0 Å². The summed E-state index contributed by atoms with van der Waals surface area (Å²) in [6, 6.07) is 5.03. The Hall–Kier alpha value is -1.00. The van der Waals surface area contributed by atoms with Gasteiger partial charge in [-0.1, -0.05) is 15.9 Å². The molecule has 2 rings (SSSR count). The molecule has 0 amide bonds. The fraction of sp³-hybridized carbons (Fsp3) is 0.250. The number of rotatable bonds is 1. The monoisotopic (exact) mass is 282 g/mol. The Labute approximate surface area is 102 Å².